The zero-order valence-corrected chi connectivity index (χ0v) is 13.0. The van der Waals surface area contributed by atoms with Gasteiger partial charge in [0.2, 0.25) is 0 Å². The molecule has 0 atom stereocenters. The van der Waals surface area contributed by atoms with E-state index in [2.05, 4.69) is 6.92 Å². The fourth-order valence-corrected chi connectivity index (χ4v) is 5.31. The van der Waals surface area contributed by atoms with E-state index in [1.165, 1.54) is 15.8 Å². The quantitative estimate of drug-likeness (QED) is 0.906. The monoisotopic (exact) mass is 317 g/mol. The molecular formula is C13H19NO4S2. The maximum absolute atomic E-state index is 12.4. The third kappa shape index (κ3) is 3.21. The molecule has 1 aliphatic heterocycles. The van der Waals surface area contributed by atoms with Crippen LogP contribution in [0.1, 0.15) is 43.0 Å². The number of piperidine rings is 1. The minimum Gasteiger partial charge on any atom is -0.478 e. The molecule has 2 heterocycles. The van der Waals surface area contributed by atoms with E-state index in [4.69, 9.17) is 5.11 Å². The number of carboxylic acids is 1. The van der Waals surface area contributed by atoms with E-state index in [9.17, 15) is 13.2 Å². The van der Waals surface area contributed by atoms with Crippen LogP contribution in [0.15, 0.2) is 15.7 Å². The van der Waals surface area contributed by atoms with Gasteiger partial charge in [0.15, 0.2) is 0 Å². The van der Waals surface area contributed by atoms with Gasteiger partial charge in [-0.3, -0.25) is 0 Å². The van der Waals surface area contributed by atoms with Crippen molar-refractivity contribution in [2.75, 3.05) is 13.1 Å². The average molecular weight is 317 g/mol. The first kappa shape index (κ1) is 15.5. The van der Waals surface area contributed by atoms with Crippen LogP contribution in [-0.2, 0) is 10.0 Å². The van der Waals surface area contributed by atoms with Crippen molar-refractivity contribution in [3.63, 3.8) is 0 Å². The maximum atomic E-state index is 12.4. The van der Waals surface area contributed by atoms with Crippen molar-refractivity contribution in [2.45, 2.75) is 36.8 Å². The number of hydrogen-bond donors (Lipinski definition) is 1. The zero-order chi connectivity index (χ0) is 14.8. The van der Waals surface area contributed by atoms with Crippen LogP contribution in [0, 0.1) is 5.92 Å². The van der Waals surface area contributed by atoms with Gasteiger partial charge in [-0.25, -0.2) is 13.2 Å². The van der Waals surface area contributed by atoms with E-state index in [-0.39, 0.29) is 9.77 Å². The zero-order valence-electron chi connectivity index (χ0n) is 11.4. The Balaban J connectivity index is 2.09. The predicted molar refractivity (Wildman–Crippen MR) is 77.7 cm³/mol. The number of nitrogens with zero attached hydrogens (tertiary/aromatic N) is 1. The Morgan fingerprint density at radius 3 is 2.60 bits per heavy atom. The van der Waals surface area contributed by atoms with Crippen LogP contribution >= 0.6 is 11.3 Å². The maximum Gasteiger partial charge on any atom is 0.336 e. The van der Waals surface area contributed by atoms with Crippen LogP contribution < -0.4 is 0 Å². The smallest absolute Gasteiger partial charge is 0.336 e. The molecular weight excluding hydrogens is 298 g/mol. The number of carbonyl (C=O) groups is 1. The molecule has 0 aromatic carbocycles. The summed E-state index contributed by atoms with van der Waals surface area (Å²) in [5.41, 5.74) is 0.0365. The minimum atomic E-state index is -3.52. The molecule has 112 valence electrons. The largest absolute Gasteiger partial charge is 0.478 e. The highest BCUT2D eigenvalue weighted by Gasteiger charge is 2.30. The second-order valence-electron chi connectivity index (χ2n) is 5.10. The van der Waals surface area contributed by atoms with Gasteiger partial charge in [-0.15, -0.1) is 11.3 Å². The third-order valence-electron chi connectivity index (χ3n) is 3.69. The van der Waals surface area contributed by atoms with E-state index >= 15 is 0 Å². The van der Waals surface area contributed by atoms with Gasteiger partial charge < -0.3 is 5.11 Å². The number of aromatic carboxylic acids is 1. The van der Waals surface area contributed by atoms with Gasteiger partial charge in [-0.1, -0.05) is 19.8 Å². The van der Waals surface area contributed by atoms with Crippen molar-refractivity contribution in [3.8, 4) is 0 Å². The fourth-order valence-electron chi connectivity index (χ4n) is 2.54. The molecule has 0 radical (unpaired) electrons. The molecule has 1 aliphatic rings. The molecule has 0 unspecified atom stereocenters. The van der Waals surface area contributed by atoms with Crippen LogP contribution in [0.25, 0.3) is 0 Å². The molecule has 0 amide bonds. The van der Waals surface area contributed by atoms with Crippen molar-refractivity contribution in [3.05, 3.63) is 17.0 Å². The number of hydrogen-bond acceptors (Lipinski definition) is 4. The first-order chi connectivity index (χ1) is 9.45. The van der Waals surface area contributed by atoms with Crippen LogP contribution in [0.4, 0.5) is 0 Å². The highest BCUT2D eigenvalue weighted by Crippen LogP contribution is 2.29. The Kier molecular flexibility index (Phi) is 4.82. The van der Waals surface area contributed by atoms with Crippen molar-refractivity contribution >= 4 is 27.3 Å². The predicted octanol–water partition coefficient (Wildman–Crippen LogP) is 2.65. The highest BCUT2D eigenvalue weighted by atomic mass is 32.2. The molecule has 5 nitrogen and oxygen atoms in total. The number of sulfonamides is 1. The summed E-state index contributed by atoms with van der Waals surface area (Å²) in [5.74, 6) is -0.478. The molecule has 1 fully saturated rings. The van der Waals surface area contributed by atoms with Gasteiger partial charge in [0.25, 0.3) is 10.0 Å². The Morgan fingerprint density at radius 1 is 1.45 bits per heavy atom. The molecule has 0 aliphatic carbocycles. The Bertz CT molecular complexity index is 571. The molecule has 1 N–H and O–H groups in total. The van der Waals surface area contributed by atoms with E-state index in [0.29, 0.717) is 19.0 Å². The Labute approximate surface area is 123 Å². The summed E-state index contributed by atoms with van der Waals surface area (Å²) >= 11 is 0.979. The Hall–Kier alpha value is -0.920. The van der Waals surface area contributed by atoms with E-state index in [0.717, 1.165) is 37.0 Å². The van der Waals surface area contributed by atoms with Crippen molar-refractivity contribution < 1.29 is 18.3 Å². The van der Waals surface area contributed by atoms with Gasteiger partial charge in [0.1, 0.15) is 4.21 Å². The molecule has 1 saturated heterocycles. The fraction of sp³-hybridized carbons (Fsp3) is 0.615. The van der Waals surface area contributed by atoms with E-state index in [1.54, 1.807) is 0 Å². The number of thiophene rings is 1. The summed E-state index contributed by atoms with van der Waals surface area (Å²) in [6.45, 7) is 3.21. The number of rotatable bonds is 5. The lowest BCUT2D eigenvalue weighted by Gasteiger charge is -2.30. The molecule has 1 aromatic rings. The summed E-state index contributed by atoms with van der Waals surface area (Å²) < 4.78 is 26.5. The SMILES string of the molecule is CCCC1CCN(S(=O)(=O)c2cc(C(=O)O)cs2)CC1. The standard InChI is InChI=1S/C13H19NO4S2/c1-2-3-10-4-6-14(7-5-10)20(17,18)12-8-11(9-19-12)13(15)16/h8-10H,2-7H2,1H3,(H,15,16). The summed E-state index contributed by atoms with van der Waals surface area (Å²) in [7, 11) is -3.52. The molecule has 0 spiro atoms. The lowest BCUT2D eigenvalue weighted by molar-refractivity contribution is 0.0697. The average Bonchev–Trinajstić information content (AvgIpc) is 2.90. The van der Waals surface area contributed by atoms with Gasteiger partial charge >= 0.3 is 5.97 Å². The van der Waals surface area contributed by atoms with Gasteiger partial charge in [0, 0.05) is 18.5 Å². The molecule has 2 rings (SSSR count). The van der Waals surface area contributed by atoms with Crippen LogP contribution in [0.5, 0.6) is 0 Å². The van der Waals surface area contributed by atoms with Crippen molar-refractivity contribution in [1.82, 2.24) is 4.31 Å². The molecule has 7 heteroatoms. The van der Waals surface area contributed by atoms with Gasteiger partial charge in [-0.2, -0.15) is 4.31 Å². The molecule has 0 bridgehead atoms. The summed E-state index contributed by atoms with van der Waals surface area (Å²) in [4.78, 5) is 10.8. The second kappa shape index (κ2) is 6.24. The van der Waals surface area contributed by atoms with E-state index in [1.807, 2.05) is 0 Å². The van der Waals surface area contributed by atoms with Crippen LogP contribution in [-0.4, -0.2) is 36.9 Å². The third-order valence-corrected chi connectivity index (χ3v) is 7.00. The highest BCUT2D eigenvalue weighted by molar-refractivity contribution is 7.91. The lowest BCUT2D eigenvalue weighted by Crippen LogP contribution is -2.38. The topological polar surface area (TPSA) is 74.7 Å². The summed E-state index contributed by atoms with van der Waals surface area (Å²) in [5, 5.41) is 10.2. The second-order valence-corrected chi connectivity index (χ2v) is 8.17. The van der Waals surface area contributed by atoms with Crippen molar-refractivity contribution in [2.24, 2.45) is 5.92 Å². The van der Waals surface area contributed by atoms with Crippen molar-refractivity contribution in [1.29, 1.82) is 0 Å². The normalized spacial score (nSPS) is 18.2. The van der Waals surface area contributed by atoms with Crippen LogP contribution in [0.3, 0.4) is 0 Å². The first-order valence-electron chi connectivity index (χ1n) is 6.77. The van der Waals surface area contributed by atoms with Gasteiger partial charge in [0.05, 0.1) is 5.56 Å². The molecule has 20 heavy (non-hydrogen) atoms. The number of carboxylic acid groups (broad SMARTS) is 1. The van der Waals surface area contributed by atoms with Gasteiger partial charge in [-0.05, 0) is 24.8 Å². The van der Waals surface area contributed by atoms with Crippen LogP contribution in [0.2, 0.25) is 0 Å². The molecule has 1 aromatic heterocycles. The lowest BCUT2D eigenvalue weighted by atomic mass is 9.94. The summed E-state index contributed by atoms with van der Waals surface area (Å²) in [6.07, 6.45) is 4.06. The Morgan fingerprint density at radius 2 is 2.10 bits per heavy atom. The summed E-state index contributed by atoms with van der Waals surface area (Å²) in [6, 6.07) is 1.25. The molecule has 0 saturated carbocycles. The van der Waals surface area contributed by atoms with E-state index < -0.39 is 16.0 Å². The first-order valence-corrected chi connectivity index (χ1v) is 9.09. The minimum absolute atomic E-state index is 0.0365.